The minimum Gasteiger partial charge on any atom is -0.467 e. The predicted octanol–water partition coefficient (Wildman–Crippen LogP) is 5.09. The van der Waals surface area contributed by atoms with Gasteiger partial charge in [-0.3, -0.25) is 14.4 Å². The topological polar surface area (TPSA) is 102 Å². The summed E-state index contributed by atoms with van der Waals surface area (Å²) >= 11 is 12.2. The lowest BCUT2D eigenvalue weighted by atomic mass is 9.52. The Morgan fingerprint density at radius 2 is 1.67 bits per heavy atom. The molecular weight excluding hydrogens is 503 g/mol. The number of Topliss-reactive ketones (excluding diaryl/α,β-unsaturated/α-hetero) is 1. The summed E-state index contributed by atoms with van der Waals surface area (Å²) in [6.07, 6.45) is 1.12. The van der Waals surface area contributed by atoms with Gasteiger partial charge in [-0.1, -0.05) is 55.2 Å². The fourth-order valence-electron chi connectivity index (χ4n) is 4.73. The van der Waals surface area contributed by atoms with Crippen molar-refractivity contribution in [3.8, 4) is 0 Å². The van der Waals surface area contributed by atoms with Crippen LogP contribution in [-0.4, -0.2) is 36.7 Å². The Morgan fingerprint density at radius 3 is 2.19 bits per heavy atom. The van der Waals surface area contributed by atoms with E-state index < -0.39 is 17.9 Å². The molecule has 2 N–H and O–H groups in total. The molecule has 192 valence electrons. The molecule has 2 amide bonds. The van der Waals surface area contributed by atoms with Gasteiger partial charge in [0, 0.05) is 24.4 Å². The van der Waals surface area contributed by atoms with Crippen LogP contribution in [0.3, 0.4) is 0 Å². The van der Waals surface area contributed by atoms with Crippen LogP contribution in [0.1, 0.15) is 49.5 Å². The molecule has 0 aromatic heterocycles. The van der Waals surface area contributed by atoms with Crippen LogP contribution in [-0.2, 0) is 25.5 Å². The standard InChI is InChI=1S/C27H30Cl2N2O5/c1-15(32)19-13-17(27(19,2)3)14-23(33)31-22(26(35)36-4)12-16-8-10-18(11-9-16)30-25(34)24-20(28)6-5-7-21(24)29/h5-11,17,19,22H,12-14H2,1-4H3,(H,30,34)(H,31,33)/t17-,19+,22+/m1/s1. The third-order valence-corrected chi connectivity index (χ3v) is 7.69. The van der Waals surface area contributed by atoms with Gasteiger partial charge in [0.15, 0.2) is 0 Å². The summed E-state index contributed by atoms with van der Waals surface area (Å²) < 4.78 is 4.89. The minimum absolute atomic E-state index is 0.0420. The van der Waals surface area contributed by atoms with E-state index in [1.807, 2.05) is 13.8 Å². The molecule has 2 aromatic carbocycles. The van der Waals surface area contributed by atoms with Crippen LogP contribution in [0.15, 0.2) is 42.5 Å². The number of halogens is 2. The third-order valence-electron chi connectivity index (χ3n) is 7.06. The lowest BCUT2D eigenvalue weighted by molar-refractivity contribution is -0.146. The van der Waals surface area contributed by atoms with Crippen molar-refractivity contribution < 1.29 is 23.9 Å². The maximum Gasteiger partial charge on any atom is 0.328 e. The molecular formula is C27H30Cl2N2O5. The van der Waals surface area contributed by atoms with Crippen LogP contribution >= 0.6 is 23.2 Å². The van der Waals surface area contributed by atoms with Crippen molar-refractivity contribution in [1.29, 1.82) is 0 Å². The number of methoxy groups -OCH3 is 1. The van der Waals surface area contributed by atoms with E-state index in [2.05, 4.69) is 10.6 Å². The molecule has 1 aliphatic carbocycles. The smallest absolute Gasteiger partial charge is 0.328 e. The molecule has 0 heterocycles. The van der Waals surface area contributed by atoms with Crippen molar-refractivity contribution >= 4 is 52.5 Å². The highest BCUT2D eigenvalue weighted by Gasteiger charge is 2.50. The Balaban J connectivity index is 1.62. The molecule has 2 aromatic rings. The summed E-state index contributed by atoms with van der Waals surface area (Å²) in [6, 6.07) is 10.8. The van der Waals surface area contributed by atoms with Crippen LogP contribution in [0.25, 0.3) is 0 Å². The average Bonchev–Trinajstić information content (AvgIpc) is 2.81. The number of benzene rings is 2. The second kappa shape index (κ2) is 11.4. The van der Waals surface area contributed by atoms with Gasteiger partial charge < -0.3 is 15.4 Å². The maximum absolute atomic E-state index is 12.7. The molecule has 7 nitrogen and oxygen atoms in total. The van der Waals surface area contributed by atoms with E-state index >= 15 is 0 Å². The van der Waals surface area contributed by atoms with Gasteiger partial charge in [0.25, 0.3) is 5.91 Å². The van der Waals surface area contributed by atoms with Crippen molar-refractivity contribution in [1.82, 2.24) is 5.32 Å². The number of carbonyl (C=O) groups excluding carboxylic acids is 4. The highest BCUT2D eigenvalue weighted by atomic mass is 35.5. The third kappa shape index (κ3) is 6.26. The number of ether oxygens (including phenoxy) is 1. The molecule has 9 heteroatoms. The first-order chi connectivity index (χ1) is 16.9. The number of ketones is 1. The molecule has 1 saturated carbocycles. The summed E-state index contributed by atoms with van der Waals surface area (Å²) in [5, 5.41) is 6.02. The van der Waals surface area contributed by atoms with Crippen LogP contribution in [0, 0.1) is 17.3 Å². The van der Waals surface area contributed by atoms with E-state index in [1.54, 1.807) is 49.4 Å². The van der Waals surface area contributed by atoms with E-state index in [0.29, 0.717) is 12.1 Å². The number of esters is 1. The second-order valence-electron chi connectivity index (χ2n) is 9.72. The number of nitrogens with one attached hydrogen (secondary N) is 2. The van der Waals surface area contributed by atoms with Gasteiger partial charge in [0.2, 0.25) is 5.91 Å². The molecule has 0 unspecified atom stereocenters. The number of hydrogen-bond donors (Lipinski definition) is 2. The average molecular weight is 533 g/mol. The van der Waals surface area contributed by atoms with Gasteiger partial charge in [-0.15, -0.1) is 0 Å². The summed E-state index contributed by atoms with van der Waals surface area (Å²) in [4.78, 5) is 49.4. The van der Waals surface area contributed by atoms with Crippen LogP contribution in [0.2, 0.25) is 10.0 Å². The Kier molecular flexibility index (Phi) is 8.80. The van der Waals surface area contributed by atoms with Gasteiger partial charge >= 0.3 is 5.97 Å². The number of amides is 2. The van der Waals surface area contributed by atoms with Gasteiger partial charge in [0.05, 0.1) is 22.7 Å². The zero-order chi connectivity index (χ0) is 26.6. The van der Waals surface area contributed by atoms with Crippen molar-refractivity contribution in [2.75, 3.05) is 12.4 Å². The number of hydrogen-bond acceptors (Lipinski definition) is 5. The predicted molar refractivity (Wildman–Crippen MR) is 139 cm³/mol. The first-order valence-corrected chi connectivity index (χ1v) is 12.4. The van der Waals surface area contributed by atoms with Crippen molar-refractivity contribution in [3.63, 3.8) is 0 Å². The van der Waals surface area contributed by atoms with Gasteiger partial charge in [0.1, 0.15) is 11.8 Å². The second-order valence-corrected chi connectivity index (χ2v) is 10.5. The van der Waals surface area contributed by atoms with Gasteiger partial charge in [-0.05, 0) is 54.5 Å². The summed E-state index contributed by atoms with van der Waals surface area (Å²) in [5.74, 6) is -1.09. The Labute approximate surface area is 220 Å². The Morgan fingerprint density at radius 1 is 1.06 bits per heavy atom. The van der Waals surface area contributed by atoms with E-state index in [0.717, 1.165) is 5.56 Å². The van der Waals surface area contributed by atoms with E-state index in [4.69, 9.17) is 27.9 Å². The first-order valence-electron chi connectivity index (χ1n) is 11.7. The molecule has 0 saturated heterocycles. The van der Waals surface area contributed by atoms with Crippen molar-refractivity contribution in [2.45, 2.75) is 46.1 Å². The fraction of sp³-hybridized carbons (Fsp3) is 0.407. The lowest BCUT2D eigenvalue weighted by Crippen LogP contribution is -2.51. The SMILES string of the molecule is COC(=O)[C@H](Cc1ccc(NC(=O)c2c(Cl)cccc2Cl)cc1)NC(=O)C[C@H]1C[C@@H](C(C)=O)C1(C)C. The number of anilines is 1. The summed E-state index contributed by atoms with van der Waals surface area (Å²) in [5.41, 5.74) is 1.21. The van der Waals surface area contributed by atoms with Crippen molar-refractivity contribution in [2.24, 2.45) is 17.3 Å². The monoisotopic (exact) mass is 532 g/mol. The normalized spacial score (nSPS) is 18.9. The molecule has 3 rings (SSSR count). The highest BCUT2D eigenvalue weighted by Crippen LogP contribution is 2.53. The van der Waals surface area contributed by atoms with E-state index in [9.17, 15) is 19.2 Å². The fourth-order valence-corrected chi connectivity index (χ4v) is 5.30. The number of rotatable bonds is 9. The molecule has 0 bridgehead atoms. The Bertz CT molecular complexity index is 1140. The van der Waals surface area contributed by atoms with Gasteiger partial charge in [-0.25, -0.2) is 4.79 Å². The van der Waals surface area contributed by atoms with Crippen LogP contribution < -0.4 is 10.6 Å². The largest absolute Gasteiger partial charge is 0.467 e. The molecule has 36 heavy (non-hydrogen) atoms. The molecule has 1 aliphatic rings. The molecule has 1 fully saturated rings. The van der Waals surface area contributed by atoms with Crippen LogP contribution in [0.5, 0.6) is 0 Å². The maximum atomic E-state index is 12.7. The first kappa shape index (κ1) is 27.7. The highest BCUT2D eigenvalue weighted by molar-refractivity contribution is 6.40. The lowest BCUT2D eigenvalue weighted by Gasteiger charge is -2.51. The van der Waals surface area contributed by atoms with Gasteiger partial charge in [-0.2, -0.15) is 0 Å². The summed E-state index contributed by atoms with van der Waals surface area (Å²) in [7, 11) is 1.27. The molecule has 0 aliphatic heterocycles. The number of carbonyl (C=O) groups is 4. The van der Waals surface area contributed by atoms with E-state index in [1.165, 1.54) is 7.11 Å². The molecule has 3 atom stereocenters. The Hall–Kier alpha value is -2.90. The molecule has 0 radical (unpaired) electrons. The van der Waals surface area contributed by atoms with Crippen LogP contribution in [0.4, 0.5) is 5.69 Å². The van der Waals surface area contributed by atoms with E-state index in [-0.39, 0.29) is 57.4 Å². The van der Waals surface area contributed by atoms with Crippen molar-refractivity contribution in [3.05, 3.63) is 63.6 Å². The zero-order valence-electron chi connectivity index (χ0n) is 20.7. The molecule has 0 spiro atoms. The summed E-state index contributed by atoms with van der Waals surface area (Å²) in [6.45, 7) is 5.58. The minimum atomic E-state index is -0.864. The quantitative estimate of drug-likeness (QED) is 0.438. The zero-order valence-corrected chi connectivity index (χ0v) is 22.2.